The van der Waals surface area contributed by atoms with E-state index in [4.69, 9.17) is 0 Å². The smallest absolute Gasteiger partial charge is 0.226 e. The summed E-state index contributed by atoms with van der Waals surface area (Å²) < 4.78 is 0. The SMILES string of the molecule is CC1CN(C(=O)C2CCCCCCC2)C(C)CN1.Cl. The Hall–Kier alpha value is -0.280. The lowest BCUT2D eigenvalue weighted by Crippen LogP contribution is -2.57. The highest BCUT2D eigenvalue weighted by Crippen LogP contribution is 2.25. The van der Waals surface area contributed by atoms with Crippen LogP contribution in [0.15, 0.2) is 0 Å². The molecule has 2 rings (SSSR count). The summed E-state index contributed by atoms with van der Waals surface area (Å²) in [5.74, 6) is 0.732. The minimum Gasteiger partial charge on any atom is -0.337 e. The number of hydrogen-bond acceptors (Lipinski definition) is 2. The minimum absolute atomic E-state index is 0. The van der Waals surface area contributed by atoms with Crippen LogP contribution in [0.4, 0.5) is 0 Å². The second-order valence-corrected chi connectivity index (χ2v) is 6.19. The van der Waals surface area contributed by atoms with Gasteiger partial charge in [0.2, 0.25) is 5.91 Å². The Morgan fingerprint density at radius 1 is 1.05 bits per heavy atom. The van der Waals surface area contributed by atoms with E-state index in [1.165, 1.54) is 32.1 Å². The summed E-state index contributed by atoms with van der Waals surface area (Å²) >= 11 is 0. The van der Waals surface area contributed by atoms with Crippen molar-refractivity contribution in [3.8, 4) is 0 Å². The first-order valence-corrected chi connectivity index (χ1v) is 7.72. The summed E-state index contributed by atoms with van der Waals surface area (Å²) in [6.07, 6.45) is 8.71. The van der Waals surface area contributed by atoms with Gasteiger partial charge in [-0.25, -0.2) is 0 Å². The van der Waals surface area contributed by atoms with Crippen molar-refractivity contribution in [2.24, 2.45) is 5.92 Å². The molecule has 2 fully saturated rings. The monoisotopic (exact) mass is 288 g/mol. The number of piperazine rings is 1. The van der Waals surface area contributed by atoms with Crippen LogP contribution in [0.25, 0.3) is 0 Å². The molecule has 4 heteroatoms. The van der Waals surface area contributed by atoms with Crippen LogP contribution in [0.3, 0.4) is 0 Å². The Balaban J connectivity index is 0.00000180. The molecule has 2 unspecified atom stereocenters. The van der Waals surface area contributed by atoms with Crippen molar-refractivity contribution < 1.29 is 4.79 Å². The fourth-order valence-corrected chi connectivity index (χ4v) is 3.27. The zero-order chi connectivity index (χ0) is 13.0. The average molecular weight is 289 g/mol. The molecule has 1 heterocycles. The van der Waals surface area contributed by atoms with Crippen LogP contribution >= 0.6 is 12.4 Å². The maximum Gasteiger partial charge on any atom is 0.226 e. The molecule has 1 amide bonds. The fraction of sp³-hybridized carbons (Fsp3) is 0.933. The molecule has 1 saturated heterocycles. The van der Waals surface area contributed by atoms with Gasteiger partial charge in [-0.3, -0.25) is 4.79 Å². The van der Waals surface area contributed by atoms with Gasteiger partial charge in [0.1, 0.15) is 0 Å². The Bertz CT molecular complexity index is 277. The van der Waals surface area contributed by atoms with Gasteiger partial charge in [0.25, 0.3) is 0 Å². The van der Waals surface area contributed by atoms with Crippen molar-refractivity contribution >= 4 is 18.3 Å². The molecule has 3 nitrogen and oxygen atoms in total. The first-order valence-electron chi connectivity index (χ1n) is 7.72. The van der Waals surface area contributed by atoms with E-state index in [1.54, 1.807) is 0 Å². The van der Waals surface area contributed by atoms with Gasteiger partial charge in [0, 0.05) is 31.1 Å². The van der Waals surface area contributed by atoms with Crippen LogP contribution in [0.1, 0.15) is 58.8 Å². The van der Waals surface area contributed by atoms with Crippen LogP contribution in [0.2, 0.25) is 0 Å². The van der Waals surface area contributed by atoms with Crippen molar-refractivity contribution in [1.29, 1.82) is 0 Å². The summed E-state index contributed by atoms with van der Waals surface area (Å²) in [5.41, 5.74) is 0. The highest BCUT2D eigenvalue weighted by atomic mass is 35.5. The van der Waals surface area contributed by atoms with Crippen LogP contribution in [-0.2, 0) is 4.79 Å². The molecule has 2 atom stereocenters. The molecule has 0 bridgehead atoms. The second kappa shape index (κ2) is 8.11. The van der Waals surface area contributed by atoms with Crippen LogP contribution < -0.4 is 5.32 Å². The van der Waals surface area contributed by atoms with E-state index in [0.29, 0.717) is 23.9 Å². The van der Waals surface area contributed by atoms with Gasteiger partial charge in [-0.2, -0.15) is 0 Å². The van der Waals surface area contributed by atoms with E-state index in [9.17, 15) is 4.79 Å². The molecule has 0 spiro atoms. The largest absolute Gasteiger partial charge is 0.337 e. The van der Waals surface area contributed by atoms with Crippen molar-refractivity contribution in [3.63, 3.8) is 0 Å². The predicted molar refractivity (Wildman–Crippen MR) is 81.7 cm³/mol. The average Bonchev–Trinajstić information content (AvgIpc) is 2.31. The zero-order valence-electron chi connectivity index (χ0n) is 12.4. The molecule has 1 aliphatic heterocycles. The van der Waals surface area contributed by atoms with E-state index < -0.39 is 0 Å². The van der Waals surface area contributed by atoms with Crippen LogP contribution in [0, 0.1) is 5.92 Å². The van der Waals surface area contributed by atoms with Crippen molar-refractivity contribution in [3.05, 3.63) is 0 Å². The standard InChI is InChI=1S/C15H28N2O.ClH/c1-12-11-17(13(2)10-16-12)15(18)14-8-6-4-3-5-7-9-14;/h12-14,16H,3-11H2,1-2H3;1H. The molecular weight excluding hydrogens is 260 g/mol. The van der Waals surface area contributed by atoms with Gasteiger partial charge < -0.3 is 10.2 Å². The molecule has 1 saturated carbocycles. The first kappa shape index (κ1) is 16.8. The third-order valence-electron chi connectivity index (χ3n) is 4.50. The van der Waals surface area contributed by atoms with Gasteiger partial charge in [0.15, 0.2) is 0 Å². The molecule has 0 aromatic carbocycles. The predicted octanol–water partition coefficient (Wildman–Crippen LogP) is 2.98. The summed E-state index contributed by atoms with van der Waals surface area (Å²) in [5, 5.41) is 3.45. The molecule has 1 N–H and O–H groups in total. The maximum absolute atomic E-state index is 12.7. The minimum atomic E-state index is 0. The molecule has 2 aliphatic rings. The summed E-state index contributed by atoms with van der Waals surface area (Å²) in [7, 11) is 0. The van der Waals surface area contributed by atoms with Crippen LogP contribution in [0.5, 0.6) is 0 Å². The maximum atomic E-state index is 12.7. The number of carbonyl (C=O) groups excluding carboxylic acids is 1. The molecule has 1 aliphatic carbocycles. The highest BCUT2D eigenvalue weighted by Gasteiger charge is 2.31. The lowest BCUT2D eigenvalue weighted by Gasteiger charge is -2.39. The first-order chi connectivity index (χ1) is 8.68. The number of rotatable bonds is 1. The highest BCUT2D eigenvalue weighted by molar-refractivity contribution is 5.85. The van der Waals surface area contributed by atoms with Gasteiger partial charge in [-0.05, 0) is 26.7 Å². The quantitative estimate of drug-likeness (QED) is 0.804. The molecule has 112 valence electrons. The Morgan fingerprint density at radius 2 is 1.63 bits per heavy atom. The number of nitrogens with one attached hydrogen (secondary N) is 1. The third kappa shape index (κ3) is 4.64. The Labute approximate surface area is 123 Å². The Morgan fingerprint density at radius 3 is 2.26 bits per heavy atom. The van der Waals surface area contributed by atoms with Crippen molar-refractivity contribution in [2.45, 2.75) is 70.9 Å². The second-order valence-electron chi connectivity index (χ2n) is 6.19. The van der Waals surface area contributed by atoms with Crippen molar-refractivity contribution in [2.75, 3.05) is 13.1 Å². The molecule has 0 radical (unpaired) electrons. The lowest BCUT2D eigenvalue weighted by atomic mass is 9.89. The van der Waals surface area contributed by atoms with Gasteiger partial charge in [-0.15, -0.1) is 12.4 Å². The normalized spacial score (nSPS) is 30.1. The van der Waals surface area contributed by atoms with E-state index in [-0.39, 0.29) is 12.4 Å². The van der Waals surface area contributed by atoms with Crippen molar-refractivity contribution in [1.82, 2.24) is 10.2 Å². The summed E-state index contributed by atoms with van der Waals surface area (Å²) in [6.45, 7) is 6.17. The zero-order valence-corrected chi connectivity index (χ0v) is 13.2. The number of nitrogens with zero attached hydrogens (tertiary/aromatic N) is 1. The topological polar surface area (TPSA) is 32.3 Å². The number of hydrogen-bond donors (Lipinski definition) is 1. The van der Waals surface area contributed by atoms with Gasteiger partial charge >= 0.3 is 0 Å². The molecule has 0 aromatic heterocycles. The fourth-order valence-electron chi connectivity index (χ4n) is 3.27. The number of halogens is 1. The Kier molecular flexibility index (Phi) is 7.16. The van der Waals surface area contributed by atoms with E-state index >= 15 is 0 Å². The van der Waals surface area contributed by atoms with E-state index in [1.807, 2.05) is 0 Å². The van der Waals surface area contributed by atoms with E-state index in [2.05, 4.69) is 24.1 Å². The summed E-state index contributed by atoms with van der Waals surface area (Å²) in [4.78, 5) is 14.8. The van der Waals surface area contributed by atoms with E-state index in [0.717, 1.165) is 25.9 Å². The summed E-state index contributed by atoms with van der Waals surface area (Å²) in [6, 6.07) is 0.804. The number of amides is 1. The number of carbonyl (C=O) groups is 1. The van der Waals surface area contributed by atoms with Crippen LogP contribution in [-0.4, -0.2) is 36.0 Å². The molecular formula is C15H29ClN2O. The van der Waals surface area contributed by atoms with Gasteiger partial charge in [0.05, 0.1) is 0 Å². The lowest BCUT2D eigenvalue weighted by molar-refractivity contribution is -0.139. The third-order valence-corrected chi connectivity index (χ3v) is 4.50. The molecule has 0 aromatic rings. The molecule has 19 heavy (non-hydrogen) atoms. The van der Waals surface area contributed by atoms with Gasteiger partial charge in [-0.1, -0.05) is 32.1 Å².